The molecular weight excluding hydrogens is 314 g/mol. The number of halogens is 1. The van der Waals surface area contributed by atoms with E-state index in [4.69, 9.17) is 21.1 Å². The van der Waals surface area contributed by atoms with Crippen molar-refractivity contribution in [2.75, 3.05) is 20.3 Å². The Hall–Kier alpha value is -2.04. The molecule has 1 amide bonds. The largest absolute Gasteiger partial charge is 0.497 e. The van der Waals surface area contributed by atoms with E-state index in [-0.39, 0.29) is 18.6 Å². The van der Waals surface area contributed by atoms with Gasteiger partial charge < -0.3 is 14.4 Å². The van der Waals surface area contributed by atoms with E-state index < -0.39 is 0 Å². The molecule has 2 aromatic carbocycles. The molecule has 0 bridgehead atoms. The summed E-state index contributed by atoms with van der Waals surface area (Å²) in [7, 11) is 1.64. The number of hydrogen-bond acceptors (Lipinski definition) is 3. The topological polar surface area (TPSA) is 38.8 Å². The number of hydrogen-bond donors (Lipinski definition) is 0. The highest BCUT2D eigenvalue weighted by atomic mass is 35.5. The minimum atomic E-state index is -0.122. The average Bonchev–Trinajstić information content (AvgIpc) is 2.58. The van der Waals surface area contributed by atoms with Crippen molar-refractivity contribution in [1.29, 1.82) is 0 Å². The Morgan fingerprint density at radius 3 is 2.52 bits per heavy atom. The van der Waals surface area contributed by atoms with E-state index in [1.54, 1.807) is 7.11 Å². The SMILES string of the molecule is COc1ccc(CN2CC(c3ccc(Cl)cc3)OCC2=O)cc1. The van der Waals surface area contributed by atoms with E-state index >= 15 is 0 Å². The summed E-state index contributed by atoms with van der Waals surface area (Å²) in [5.41, 5.74) is 2.09. The van der Waals surface area contributed by atoms with Crippen LogP contribution < -0.4 is 4.74 Å². The summed E-state index contributed by atoms with van der Waals surface area (Å²) in [6.45, 7) is 1.20. The molecule has 0 N–H and O–H groups in total. The lowest BCUT2D eigenvalue weighted by atomic mass is 10.1. The van der Waals surface area contributed by atoms with E-state index in [1.807, 2.05) is 53.4 Å². The van der Waals surface area contributed by atoms with Gasteiger partial charge >= 0.3 is 0 Å². The standard InChI is InChI=1S/C18H18ClNO3/c1-22-16-8-2-13(3-9-16)10-20-11-17(23-12-18(20)21)14-4-6-15(19)7-5-14/h2-9,17H,10-12H2,1H3. The van der Waals surface area contributed by atoms with Gasteiger partial charge in [-0.3, -0.25) is 4.79 Å². The third-order valence-corrected chi connectivity index (χ3v) is 4.17. The molecule has 2 aromatic rings. The van der Waals surface area contributed by atoms with Gasteiger partial charge in [0.25, 0.3) is 0 Å². The monoisotopic (exact) mass is 331 g/mol. The molecule has 3 rings (SSSR count). The Labute approximate surface area is 140 Å². The van der Waals surface area contributed by atoms with Gasteiger partial charge in [-0.15, -0.1) is 0 Å². The van der Waals surface area contributed by atoms with Crippen molar-refractivity contribution in [2.24, 2.45) is 0 Å². The molecule has 120 valence electrons. The van der Waals surface area contributed by atoms with Crippen molar-refractivity contribution in [3.63, 3.8) is 0 Å². The molecule has 1 atom stereocenters. The lowest BCUT2D eigenvalue weighted by Gasteiger charge is -2.33. The van der Waals surface area contributed by atoms with E-state index in [0.717, 1.165) is 16.9 Å². The molecule has 0 aliphatic carbocycles. The first-order valence-electron chi connectivity index (χ1n) is 7.43. The average molecular weight is 332 g/mol. The van der Waals surface area contributed by atoms with Crippen LogP contribution in [0.3, 0.4) is 0 Å². The molecule has 0 spiro atoms. The first kappa shape index (κ1) is 15.8. The molecule has 5 heteroatoms. The Balaban J connectivity index is 1.70. The highest BCUT2D eigenvalue weighted by Gasteiger charge is 2.27. The lowest BCUT2D eigenvalue weighted by Crippen LogP contribution is -2.42. The predicted octanol–water partition coefficient (Wildman–Crippen LogP) is 3.45. The van der Waals surface area contributed by atoms with Gasteiger partial charge in [-0.05, 0) is 35.4 Å². The van der Waals surface area contributed by atoms with Crippen molar-refractivity contribution in [2.45, 2.75) is 12.6 Å². The molecule has 0 saturated carbocycles. The Morgan fingerprint density at radius 1 is 1.17 bits per heavy atom. The van der Waals surface area contributed by atoms with Crippen LogP contribution in [0.5, 0.6) is 5.75 Å². The molecule has 0 radical (unpaired) electrons. The number of amides is 1. The van der Waals surface area contributed by atoms with Gasteiger partial charge in [0.05, 0.1) is 13.7 Å². The molecule has 0 aromatic heterocycles. The molecule has 4 nitrogen and oxygen atoms in total. The number of carbonyl (C=O) groups excluding carboxylic acids is 1. The van der Waals surface area contributed by atoms with E-state index in [1.165, 1.54) is 0 Å². The summed E-state index contributed by atoms with van der Waals surface area (Å²) in [6.07, 6.45) is -0.122. The fraction of sp³-hybridized carbons (Fsp3) is 0.278. The van der Waals surface area contributed by atoms with Gasteiger partial charge in [0.15, 0.2) is 0 Å². The van der Waals surface area contributed by atoms with Crippen molar-refractivity contribution >= 4 is 17.5 Å². The number of nitrogens with zero attached hydrogens (tertiary/aromatic N) is 1. The van der Waals surface area contributed by atoms with Gasteiger partial charge in [0.1, 0.15) is 18.5 Å². The summed E-state index contributed by atoms with van der Waals surface area (Å²) in [5, 5.41) is 0.690. The van der Waals surface area contributed by atoms with Crippen molar-refractivity contribution in [3.8, 4) is 5.75 Å². The van der Waals surface area contributed by atoms with Crippen LogP contribution in [0, 0.1) is 0 Å². The van der Waals surface area contributed by atoms with Gasteiger partial charge in [-0.1, -0.05) is 35.9 Å². The fourth-order valence-corrected chi connectivity index (χ4v) is 2.73. The molecule has 1 aliphatic rings. The molecule has 23 heavy (non-hydrogen) atoms. The molecule has 1 unspecified atom stereocenters. The normalized spacial score (nSPS) is 18.1. The molecule has 1 heterocycles. The smallest absolute Gasteiger partial charge is 0.249 e. The van der Waals surface area contributed by atoms with E-state index in [9.17, 15) is 4.79 Å². The number of morpholine rings is 1. The second-order valence-corrected chi connectivity index (χ2v) is 5.91. The summed E-state index contributed by atoms with van der Waals surface area (Å²) >= 11 is 5.92. The van der Waals surface area contributed by atoms with Crippen molar-refractivity contribution in [1.82, 2.24) is 4.90 Å². The number of carbonyl (C=O) groups is 1. The Bertz CT molecular complexity index is 670. The predicted molar refractivity (Wildman–Crippen MR) is 88.6 cm³/mol. The molecular formula is C18H18ClNO3. The van der Waals surface area contributed by atoms with Gasteiger partial charge in [-0.2, -0.15) is 0 Å². The maximum Gasteiger partial charge on any atom is 0.249 e. The van der Waals surface area contributed by atoms with Gasteiger partial charge in [0.2, 0.25) is 5.91 Å². The van der Waals surface area contributed by atoms with Gasteiger partial charge in [0, 0.05) is 11.6 Å². The summed E-state index contributed by atoms with van der Waals surface area (Å²) in [4.78, 5) is 13.9. The maximum atomic E-state index is 12.1. The van der Waals surface area contributed by atoms with Crippen LogP contribution in [0.25, 0.3) is 0 Å². The third kappa shape index (κ3) is 3.84. The number of rotatable bonds is 4. The number of benzene rings is 2. The zero-order valence-electron chi connectivity index (χ0n) is 12.9. The van der Waals surface area contributed by atoms with Crippen LogP contribution in [0.1, 0.15) is 17.2 Å². The highest BCUT2D eigenvalue weighted by Crippen LogP contribution is 2.25. The van der Waals surface area contributed by atoms with E-state index in [2.05, 4.69) is 0 Å². The number of methoxy groups -OCH3 is 1. The van der Waals surface area contributed by atoms with Crippen LogP contribution in [0.4, 0.5) is 0 Å². The van der Waals surface area contributed by atoms with Crippen LogP contribution in [0.2, 0.25) is 5.02 Å². The second-order valence-electron chi connectivity index (χ2n) is 5.47. The zero-order valence-corrected chi connectivity index (χ0v) is 13.6. The first-order valence-corrected chi connectivity index (χ1v) is 7.81. The minimum absolute atomic E-state index is 0.00558. The summed E-state index contributed by atoms with van der Waals surface area (Å²) in [6, 6.07) is 15.3. The van der Waals surface area contributed by atoms with Crippen LogP contribution >= 0.6 is 11.6 Å². The van der Waals surface area contributed by atoms with Crippen LogP contribution in [-0.2, 0) is 16.1 Å². The van der Waals surface area contributed by atoms with Crippen molar-refractivity contribution < 1.29 is 14.3 Å². The highest BCUT2D eigenvalue weighted by molar-refractivity contribution is 6.30. The Kier molecular flexibility index (Phi) is 4.84. The third-order valence-electron chi connectivity index (χ3n) is 3.92. The summed E-state index contributed by atoms with van der Waals surface area (Å²) in [5.74, 6) is 0.812. The Morgan fingerprint density at radius 2 is 1.87 bits per heavy atom. The molecule has 1 aliphatic heterocycles. The maximum absolute atomic E-state index is 12.1. The second kappa shape index (κ2) is 7.02. The van der Waals surface area contributed by atoms with Crippen LogP contribution in [0.15, 0.2) is 48.5 Å². The molecule has 1 saturated heterocycles. The quantitative estimate of drug-likeness (QED) is 0.861. The summed E-state index contributed by atoms with van der Waals surface area (Å²) < 4.78 is 10.8. The van der Waals surface area contributed by atoms with Gasteiger partial charge in [-0.25, -0.2) is 0 Å². The fourth-order valence-electron chi connectivity index (χ4n) is 2.60. The van der Waals surface area contributed by atoms with E-state index in [0.29, 0.717) is 18.1 Å². The lowest BCUT2D eigenvalue weighted by molar-refractivity contribution is -0.150. The number of ether oxygens (including phenoxy) is 2. The van der Waals surface area contributed by atoms with Crippen LogP contribution in [-0.4, -0.2) is 31.1 Å². The molecule has 1 fully saturated rings. The van der Waals surface area contributed by atoms with Crippen molar-refractivity contribution in [3.05, 3.63) is 64.7 Å². The first-order chi connectivity index (χ1) is 11.2. The minimum Gasteiger partial charge on any atom is -0.497 e. The zero-order chi connectivity index (χ0) is 16.2.